The molecule has 4 saturated carbocycles. The van der Waals surface area contributed by atoms with E-state index in [9.17, 15) is 19.5 Å². The lowest BCUT2D eigenvalue weighted by Crippen LogP contribution is -2.66. The van der Waals surface area contributed by atoms with Crippen LogP contribution in [0.15, 0.2) is 23.5 Å². The summed E-state index contributed by atoms with van der Waals surface area (Å²) in [6, 6.07) is 0. The minimum absolute atomic E-state index is 0.0258. The molecule has 0 heterocycles. The minimum atomic E-state index is -0.607. The third-order valence-electron chi connectivity index (χ3n) is 12.7. The fraction of sp³-hybridized carbons (Fsp3) is 0.781. The highest BCUT2D eigenvalue weighted by Crippen LogP contribution is 2.75. The first-order chi connectivity index (χ1) is 17.0. The highest BCUT2D eigenvalue weighted by Gasteiger charge is 2.71. The molecule has 0 amide bonds. The average molecular weight is 511 g/mol. The smallest absolute Gasteiger partial charge is 0.312 e. The summed E-state index contributed by atoms with van der Waals surface area (Å²) >= 11 is 0. The molecular formula is C32H46O5. The lowest BCUT2D eigenvalue weighted by atomic mass is 9.33. The number of aliphatic hydroxyl groups excluding tert-OH is 1. The van der Waals surface area contributed by atoms with Crippen LogP contribution < -0.4 is 0 Å². The second-order valence-corrected chi connectivity index (χ2v) is 15.2. The number of hydrogen-bond acceptors (Lipinski definition) is 5. The molecule has 5 aliphatic carbocycles. The van der Waals surface area contributed by atoms with E-state index in [4.69, 9.17) is 4.74 Å². The molecule has 0 aliphatic heterocycles. The Bertz CT molecular complexity index is 1130. The summed E-state index contributed by atoms with van der Waals surface area (Å²) in [5.74, 6) is -0.111. The number of esters is 1. The van der Waals surface area contributed by atoms with Crippen molar-refractivity contribution in [1.29, 1.82) is 0 Å². The molecule has 0 spiro atoms. The number of rotatable bonds is 1. The molecule has 204 valence electrons. The number of hydrogen-bond donors (Lipinski definition) is 1. The number of allylic oxidation sites excluding steroid dienone is 3. The zero-order chi connectivity index (χ0) is 27.4. The van der Waals surface area contributed by atoms with Crippen LogP contribution in [0.4, 0.5) is 0 Å². The van der Waals surface area contributed by atoms with E-state index in [1.54, 1.807) is 0 Å². The number of fused-ring (bicyclic) bond motifs is 7. The van der Waals surface area contributed by atoms with Crippen LogP contribution in [0.5, 0.6) is 0 Å². The summed E-state index contributed by atoms with van der Waals surface area (Å²) in [6.45, 7) is 15.4. The fourth-order valence-corrected chi connectivity index (χ4v) is 10.5. The summed E-state index contributed by atoms with van der Waals surface area (Å²) in [7, 11) is 1.49. The summed E-state index contributed by atoms with van der Waals surface area (Å²) in [6.07, 6.45) is 9.42. The van der Waals surface area contributed by atoms with Crippen molar-refractivity contribution < 1.29 is 24.2 Å². The molecule has 0 bridgehead atoms. The van der Waals surface area contributed by atoms with Crippen LogP contribution in [0.1, 0.15) is 99.8 Å². The molecule has 0 aromatic heterocycles. The molecule has 4 fully saturated rings. The SMILES string of the molecule is COC(=O)[C@]12CCC(C)(C)C[C@@H]1[C@H]1C(=O)C=C3[C@@]4(C)C/C(=C\O)C(=O)C(C)(C)[C@H]4CC[C@@]3(C)[C@]1(C)CC2. The molecule has 0 aromatic rings. The van der Waals surface area contributed by atoms with Gasteiger partial charge in [-0.1, -0.05) is 54.0 Å². The molecule has 0 radical (unpaired) electrons. The maximum Gasteiger partial charge on any atom is 0.312 e. The number of ether oxygens (including phenoxy) is 1. The van der Waals surface area contributed by atoms with E-state index in [0.717, 1.165) is 51.2 Å². The Kier molecular flexibility index (Phi) is 5.64. The first kappa shape index (κ1) is 26.7. The van der Waals surface area contributed by atoms with Crippen LogP contribution in [-0.2, 0) is 19.1 Å². The lowest BCUT2D eigenvalue weighted by Gasteiger charge is -2.69. The Morgan fingerprint density at radius 3 is 2.27 bits per heavy atom. The summed E-state index contributed by atoms with van der Waals surface area (Å²) in [5, 5.41) is 10.0. The molecular weight excluding hydrogens is 464 g/mol. The fourth-order valence-electron chi connectivity index (χ4n) is 10.5. The molecule has 5 aliphatic rings. The number of carbonyl (C=O) groups is 3. The Balaban J connectivity index is 1.68. The highest BCUT2D eigenvalue weighted by molar-refractivity contribution is 6.01. The molecule has 37 heavy (non-hydrogen) atoms. The lowest BCUT2D eigenvalue weighted by molar-refractivity contribution is -0.192. The van der Waals surface area contributed by atoms with Crippen molar-refractivity contribution in [2.45, 2.75) is 99.8 Å². The normalized spacial score (nSPS) is 47.2. The Morgan fingerprint density at radius 1 is 1.00 bits per heavy atom. The van der Waals surface area contributed by atoms with Crippen LogP contribution in [-0.4, -0.2) is 29.8 Å². The van der Waals surface area contributed by atoms with E-state index in [0.29, 0.717) is 12.0 Å². The molecule has 0 unspecified atom stereocenters. The summed E-state index contributed by atoms with van der Waals surface area (Å²) in [4.78, 5) is 41.0. The van der Waals surface area contributed by atoms with E-state index in [2.05, 4.69) is 34.6 Å². The summed E-state index contributed by atoms with van der Waals surface area (Å²) in [5.41, 5.74) is -0.375. The Labute approximate surface area is 222 Å². The minimum Gasteiger partial charge on any atom is -0.515 e. The van der Waals surface area contributed by atoms with Gasteiger partial charge in [0.2, 0.25) is 0 Å². The van der Waals surface area contributed by atoms with Crippen molar-refractivity contribution in [3.63, 3.8) is 0 Å². The predicted molar refractivity (Wildman–Crippen MR) is 143 cm³/mol. The van der Waals surface area contributed by atoms with Crippen LogP contribution in [0.2, 0.25) is 0 Å². The van der Waals surface area contributed by atoms with Crippen LogP contribution in [0, 0.1) is 50.2 Å². The van der Waals surface area contributed by atoms with Crippen molar-refractivity contribution in [1.82, 2.24) is 0 Å². The maximum atomic E-state index is 14.4. The van der Waals surface area contributed by atoms with E-state index in [-0.39, 0.29) is 56.9 Å². The summed E-state index contributed by atoms with van der Waals surface area (Å²) < 4.78 is 5.41. The quantitative estimate of drug-likeness (QED) is 0.239. The van der Waals surface area contributed by atoms with Gasteiger partial charge in [0.05, 0.1) is 18.8 Å². The van der Waals surface area contributed by atoms with Gasteiger partial charge in [-0.05, 0) is 90.9 Å². The van der Waals surface area contributed by atoms with Gasteiger partial charge in [0.15, 0.2) is 11.6 Å². The van der Waals surface area contributed by atoms with Crippen molar-refractivity contribution in [2.24, 2.45) is 50.2 Å². The van der Waals surface area contributed by atoms with Crippen LogP contribution >= 0.6 is 0 Å². The largest absolute Gasteiger partial charge is 0.515 e. The van der Waals surface area contributed by atoms with Gasteiger partial charge in [-0.25, -0.2) is 0 Å². The molecule has 1 N–H and O–H groups in total. The number of ketones is 2. The van der Waals surface area contributed by atoms with Gasteiger partial charge in [-0.2, -0.15) is 0 Å². The number of carbonyl (C=O) groups excluding carboxylic acids is 3. The molecule has 5 nitrogen and oxygen atoms in total. The Hall–Kier alpha value is -1.91. The standard InChI is InChI=1S/C32H46O5/c1-27(2)11-13-32(26(36)37-8)14-12-31(7)24(20(32)17-27)21(34)15-23-29(5)16-19(18-33)25(35)28(3,4)22(29)9-10-30(23,31)6/h15,18,20,22,24,33H,9-14,16-17H2,1-8H3/b19-18+/t20-,22-,24+,29+,30-,31-,32+/m1/s1. The first-order valence-electron chi connectivity index (χ1n) is 14.3. The predicted octanol–water partition coefficient (Wildman–Crippen LogP) is 6.76. The van der Waals surface area contributed by atoms with E-state index < -0.39 is 10.8 Å². The molecule has 7 atom stereocenters. The maximum absolute atomic E-state index is 14.4. The molecule has 0 saturated heterocycles. The topological polar surface area (TPSA) is 80.7 Å². The highest BCUT2D eigenvalue weighted by atomic mass is 16.5. The number of aliphatic hydroxyl groups is 1. The number of Topliss-reactive ketones (excluding diaryl/α,β-unsaturated/α-hetero) is 1. The second kappa shape index (κ2) is 7.82. The van der Waals surface area contributed by atoms with Gasteiger partial charge in [-0.3, -0.25) is 14.4 Å². The molecule has 5 heteroatoms. The monoisotopic (exact) mass is 510 g/mol. The van der Waals surface area contributed by atoms with E-state index >= 15 is 0 Å². The van der Waals surface area contributed by atoms with Crippen molar-refractivity contribution >= 4 is 17.5 Å². The zero-order valence-electron chi connectivity index (χ0n) is 24.1. The van der Waals surface area contributed by atoms with Crippen LogP contribution in [0.3, 0.4) is 0 Å². The van der Waals surface area contributed by atoms with Crippen LogP contribution in [0.25, 0.3) is 0 Å². The van der Waals surface area contributed by atoms with Gasteiger partial charge < -0.3 is 9.84 Å². The van der Waals surface area contributed by atoms with E-state index in [1.165, 1.54) is 12.7 Å². The third kappa shape index (κ3) is 3.18. The molecule has 5 rings (SSSR count). The number of methoxy groups -OCH3 is 1. The van der Waals surface area contributed by atoms with Gasteiger partial charge in [0, 0.05) is 16.9 Å². The Morgan fingerprint density at radius 2 is 1.65 bits per heavy atom. The third-order valence-corrected chi connectivity index (χ3v) is 12.7. The molecule has 0 aromatic carbocycles. The van der Waals surface area contributed by atoms with Crippen molar-refractivity contribution in [3.8, 4) is 0 Å². The zero-order valence-corrected chi connectivity index (χ0v) is 24.1. The van der Waals surface area contributed by atoms with Gasteiger partial charge in [0.25, 0.3) is 0 Å². The average Bonchev–Trinajstić information content (AvgIpc) is 2.82. The van der Waals surface area contributed by atoms with Gasteiger partial charge in [-0.15, -0.1) is 0 Å². The van der Waals surface area contributed by atoms with E-state index in [1.807, 2.05) is 19.9 Å². The van der Waals surface area contributed by atoms with Gasteiger partial charge >= 0.3 is 5.97 Å². The second-order valence-electron chi connectivity index (χ2n) is 15.2. The van der Waals surface area contributed by atoms with Crippen molar-refractivity contribution in [2.75, 3.05) is 7.11 Å². The first-order valence-corrected chi connectivity index (χ1v) is 14.3. The van der Waals surface area contributed by atoms with Crippen molar-refractivity contribution in [3.05, 3.63) is 23.5 Å². The van der Waals surface area contributed by atoms with Gasteiger partial charge in [0.1, 0.15) is 0 Å².